The minimum absolute atomic E-state index is 0.0954. The van der Waals surface area contributed by atoms with Gasteiger partial charge in [-0.1, -0.05) is 6.07 Å². The number of hydrogen-bond acceptors (Lipinski definition) is 4. The largest absolute Gasteiger partial charge is 0.504 e. The number of hydroxylamine groups is 1. The van der Waals surface area contributed by atoms with Gasteiger partial charge in [0.25, 0.3) is 0 Å². The van der Waals surface area contributed by atoms with Crippen molar-refractivity contribution in [3.8, 4) is 11.5 Å². The van der Waals surface area contributed by atoms with Crippen LogP contribution in [0.3, 0.4) is 0 Å². The molecular weight excluding hydrogens is 170 g/mol. The number of benzene rings is 1. The van der Waals surface area contributed by atoms with Crippen molar-refractivity contribution in [2.45, 2.75) is 6.42 Å². The minimum Gasteiger partial charge on any atom is -0.504 e. The van der Waals surface area contributed by atoms with Crippen molar-refractivity contribution in [3.05, 3.63) is 23.8 Å². The van der Waals surface area contributed by atoms with E-state index in [1.54, 1.807) is 13.1 Å². The molecule has 0 fully saturated rings. The van der Waals surface area contributed by atoms with Gasteiger partial charge in [-0.25, -0.2) is 5.48 Å². The molecule has 13 heavy (non-hydrogen) atoms. The highest BCUT2D eigenvalue weighted by Gasteiger charge is 1.99. The zero-order valence-electron chi connectivity index (χ0n) is 7.45. The summed E-state index contributed by atoms with van der Waals surface area (Å²) in [5.41, 5.74) is 3.47. The summed E-state index contributed by atoms with van der Waals surface area (Å²) in [5, 5.41) is 18.2. The Hall–Kier alpha value is -1.26. The van der Waals surface area contributed by atoms with Gasteiger partial charge in [0.1, 0.15) is 0 Å². The smallest absolute Gasteiger partial charge is 0.157 e. The van der Waals surface area contributed by atoms with Crippen LogP contribution in [0.15, 0.2) is 18.2 Å². The molecule has 1 rings (SSSR count). The lowest BCUT2D eigenvalue weighted by Gasteiger charge is -2.03. The van der Waals surface area contributed by atoms with Crippen LogP contribution in [0.25, 0.3) is 0 Å². The summed E-state index contributed by atoms with van der Waals surface area (Å²) in [7, 11) is 1.69. The minimum atomic E-state index is -0.0988. The molecule has 72 valence electrons. The number of aromatic hydroxyl groups is 2. The Morgan fingerprint density at radius 3 is 2.69 bits per heavy atom. The zero-order chi connectivity index (χ0) is 9.68. The summed E-state index contributed by atoms with van der Waals surface area (Å²) in [6.07, 6.45) is 0.689. The maximum atomic E-state index is 9.15. The van der Waals surface area contributed by atoms with Crippen LogP contribution in [-0.4, -0.2) is 23.9 Å². The molecule has 0 saturated carbocycles. The maximum Gasteiger partial charge on any atom is 0.157 e. The fourth-order valence-electron chi connectivity index (χ4n) is 0.995. The van der Waals surface area contributed by atoms with Gasteiger partial charge in [0.15, 0.2) is 11.5 Å². The summed E-state index contributed by atoms with van der Waals surface area (Å²) in [5.74, 6) is -0.194. The Morgan fingerprint density at radius 2 is 2.08 bits per heavy atom. The molecule has 0 unspecified atom stereocenters. The van der Waals surface area contributed by atoms with E-state index in [1.807, 2.05) is 0 Å². The quantitative estimate of drug-likeness (QED) is 0.367. The van der Waals surface area contributed by atoms with Gasteiger partial charge in [0.2, 0.25) is 0 Å². The van der Waals surface area contributed by atoms with Crippen molar-refractivity contribution >= 4 is 0 Å². The third-order valence-electron chi connectivity index (χ3n) is 1.68. The van der Waals surface area contributed by atoms with Crippen molar-refractivity contribution in [1.29, 1.82) is 0 Å². The number of phenolic OH excluding ortho intramolecular Hbond substituents is 2. The Kier molecular flexibility index (Phi) is 3.54. The van der Waals surface area contributed by atoms with Gasteiger partial charge in [-0.3, -0.25) is 0 Å². The Bertz CT molecular complexity index is 276. The normalized spacial score (nSPS) is 10.2. The molecule has 0 aromatic heterocycles. The van der Waals surface area contributed by atoms with Gasteiger partial charge in [-0.2, -0.15) is 0 Å². The molecule has 1 aromatic rings. The molecule has 0 atom stereocenters. The van der Waals surface area contributed by atoms with Crippen molar-refractivity contribution in [1.82, 2.24) is 5.48 Å². The van der Waals surface area contributed by atoms with E-state index in [0.717, 1.165) is 5.56 Å². The first kappa shape index (κ1) is 9.83. The molecule has 3 N–H and O–H groups in total. The molecule has 0 amide bonds. The van der Waals surface area contributed by atoms with Crippen LogP contribution >= 0.6 is 0 Å². The molecule has 0 bridgehead atoms. The van der Waals surface area contributed by atoms with Gasteiger partial charge in [0, 0.05) is 7.05 Å². The molecule has 0 aliphatic heterocycles. The lowest BCUT2D eigenvalue weighted by molar-refractivity contribution is 0.0603. The standard InChI is InChI=1S/C9H13NO3/c1-10-13-5-4-7-2-3-8(11)9(12)6-7/h2-3,6,10-12H,4-5H2,1H3. The van der Waals surface area contributed by atoms with Crippen LogP contribution in [0.5, 0.6) is 11.5 Å². The van der Waals surface area contributed by atoms with E-state index in [-0.39, 0.29) is 11.5 Å². The van der Waals surface area contributed by atoms with Crippen LogP contribution < -0.4 is 5.48 Å². The summed E-state index contributed by atoms with van der Waals surface area (Å²) in [6.45, 7) is 0.528. The Morgan fingerprint density at radius 1 is 1.31 bits per heavy atom. The molecule has 1 aromatic carbocycles. The molecule has 0 saturated heterocycles. The van der Waals surface area contributed by atoms with E-state index < -0.39 is 0 Å². The average molecular weight is 183 g/mol. The Labute approximate surface area is 76.7 Å². The highest BCUT2D eigenvalue weighted by Crippen LogP contribution is 2.24. The molecule has 0 aliphatic rings. The zero-order valence-corrected chi connectivity index (χ0v) is 7.45. The van der Waals surface area contributed by atoms with E-state index >= 15 is 0 Å². The van der Waals surface area contributed by atoms with Crippen LogP contribution in [0, 0.1) is 0 Å². The second-order valence-corrected chi connectivity index (χ2v) is 2.63. The lowest BCUT2D eigenvalue weighted by Crippen LogP contribution is -2.09. The number of phenols is 2. The van der Waals surface area contributed by atoms with Crippen LogP contribution in [-0.2, 0) is 11.3 Å². The number of rotatable bonds is 4. The van der Waals surface area contributed by atoms with Crippen molar-refractivity contribution in [2.24, 2.45) is 0 Å². The fourth-order valence-corrected chi connectivity index (χ4v) is 0.995. The molecule has 0 aliphatic carbocycles. The van der Waals surface area contributed by atoms with Crippen molar-refractivity contribution in [3.63, 3.8) is 0 Å². The molecule has 4 nitrogen and oxygen atoms in total. The average Bonchev–Trinajstić information content (AvgIpc) is 2.12. The van der Waals surface area contributed by atoms with Gasteiger partial charge >= 0.3 is 0 Å². The molecule has 4 heteroatoms. The first-order valence-electron chi connectivity index (χ1n) is 4.03. The van der Waals surface area contributed by atoms with Crippen LogP contribution in [0.2, 0.25) is 0 Å². The second kappa shape index (κ2) is 4.69. The summed E-state index contributed by atoms with van der Waals surface area (Å²) >= 11 is 0. The third kappa shape index (κ3) is 2.93. The van der Waals surface area contributed by atoms with Crippen molar-refractivity contribution in [2.75, 3.05) is 13.7 Å². The second-order valence-electron chi connectivity index (χ2n) is 2.63. The lowest BCUT2D eigenvalue weighted by atomic mass is 10.1. The first-order valence-corrected chi connectivity index (χ1v) is 4.03. The third-order valence-corrected chi connectivity index (χ3v) is 1.68. The van der Waals surface area contributed by atoms with Gasteiger partial charge < -0.3 is 15.1 Å². The van der Waals surface area contributed by atoms with Gasteiger partial charge in [-0.05, 0) is 24.1 Å². The van der Waals surface area contributed by atoms with E-state index in [9.17, 15) is 0 Å². The predicted octanol–water partition coefficient (Wildman–Crippen LogP) is 0.791. The Balaban J connectivity index is 2.53. The molecule has 0 heterocycles. The maximum absolute atomic E-state index is 9.15. The monoisotopic (exact) mass is 183 g/mol. The van der Waals surface area contributed by atoms with E-state index in [4.69, 9.17) is 15.1 Å². The SMILES string of the molecule is CNOCCc1ccc(O)c(O)c1. The summed E-state index contributed by atoms with van der Waals surface area (Å²) in [4.78, 5) is 4.91. The predicted molar refractivity (Wildman–Crippen MR) is 48.5 cm³/mol. The number of hydrogen-bond donors (Lipinski definition) is 3. The van der Waals surface area contributed by atoms with E-state index in [0.29, 0.717) is 13.0 Å². The molecule has 0 radical (unpaired) electrons. The van der Waals surface area contributed by atoms with Gasteiger partial charge in [0.05, 0.1) is 6.61 Å². The molecular formula is C9H13NO3. The highest BCUT2D eigenvalue weighted by molar-refractivity contribution is 5.40. The summed E-state index contributed by atoms with van der Waals surface area (Å²) < 4.78 is 0. The van der Waals surface area contributed by atoms with E-state index in [1.165, 1.54) is 12.1 Å². The topological polar surface area (TPSA) is 61.7 Å². The van der Waals surface area contributed by atoms with Gasteiger partial charge in [-0.15, -0.1) is 0 Å². The summed E-state index contributed by atoms with van der Waals surface area (Å²) in [6, 6.07) is 4.73. The van der Waals surface area contributed by atoms with Crippen LogP contribution in [0.1, 0.15) is 5.56 Å². The fraction of sp³-hybridized carbons (Fsp3) is 0.333. The number of nitrogens with one attached hydrogen (secondary N) is 1. The molecule has 0 spiro atoms. The van der Waals surface area contributed by atoms with E-state index in [2.05, 4.69) is 5.48 Å². The highest BCUT2D eigenvalue weighted by atomic mass is 16.6. The first-order chi connectivity index (χ1) is 6.24. The van der Waals surface area contributed by atoms with Crippen LogP contribution in [0.4, 0.5) is 0 Å². The van der Waals surface area contributed by atoms with Crippen molar-refractivity contribution < 1.29 is 15.1 Å².